The molecule has 1 unspecified atom stereocenters. The molecule has 14 nitrogen and oxygen atoms in total. The van der Waals surface area contributed by atoms with Gasteiger partial charge in [-0.25, -0.2) is 14.9 Å². The van der Waals surface area contributed by atoms with E-state index in [1.807, 2.05) is 11.2 Å². The Kier molecular flexibility index (Phi) is 11.3. The second-order valence-electron chi connectivity index (χ2n) is 13.0. The van der Waals surface area contributed by atoms with Crippen molar-refractivity contribution in [3.05, 3.63) is 65.9 Å². The summed E-state index contributed by atoms with van der Waals surface area (Å²) in [7, 11) is 0. The molecule has 0 spiro atoms. The maximum absolute atomic E-state index is 13.7. The summed E-state index contributed by atoms with van der Waals surface area (Å²) in [6.07, 6.45) is 9.90. The highest BCUT2D eigenvalue weighted by molar-refractivity contribution is 7.98. The van der Waals surface area contributed by atoms with Gasteiger partial charge in [0.2, 0.25) is 5.91 Å². The molecule has 2 amide bonds. The van der Waals surface area contributed by atoms with E-state index in [9.17, 15) is 18.4 Å². The van der Waals surface area contributed by atoms with Gasteiger partial charge in [0.15, 0.2) is 5.65 Å². The zero-order valence-corrected chi connectivity index (χ0v) is 29.3. The summed E-state index contributed by atoms with van der Waals surface area (Å²) in [5, 5.41) is 8.73. The van der Waals surface area contributed by atoms with Crippen LogP contribution in [0.2, 0.25) is 0 Å². The number of nitrogens with zero attached hydrogens (tertiary/aromatic N) is 7. The number of carbonyl (C=O) groups is 2. The fourth-order valence-corrected chi connectivity index (χ4v) is 7.52. The van der Waals surface area contributed by atoms with Gasteiger partial charge in [-0.15, -0.1) is 11.8 Å². The van der Waals surface area contributed by atoms with E-state index in [4.69, 9.17) is 14.2 Å². The number of fused-ring (bicyclic) bond motifs is 1. The second-order valence-corrected chi connectivity index (χ2v) is 13.8. The molecule has 4 aliphatic heterocycles. The lowest BCUT2D eigenvalue weighted by Crippen LogP contribution is -2.58. The van der Waals surface area contributed by atoms with Gasteiger partial charge in [0.1, 0.15) is 17.9 Å². The van der Waals surface area contributed by atoms with E-state index in [0.717, 1.165) is 70.3 Å². The highest BCUT2D eigenvalue weighted by Gasteiger charge is 2.36. The Balaban J connectivity index is 1.04. The lowest BCUT2D eigenvalue weighted by atomic mass is 10.00. The number of hydrazine groups is 1. The van der Waals surface area contributed by atoms with Gasteiger partial charge in [0.05, 0.1) is 50.4 Å². The molecule has 2 aromatic heterocycles. The number of thioether (sulfide) groups is 1. The van der Waals surface area contributed by atoms with E-state index in [1.54, 1.807) is 41.8 Å². The van der Waals surface area contributed by atoms with Crippen molar-refractivity contribution in [3.8, 4) is 5.75 Å². The SMILES string of the molecule is CSc1ccc(OC(F)F)c(C2NN(CC(=O)N3CCC(N(CCN4CCOCC4)C4COC4)CC3)C=C2NC(=O)c2cnn3cccnc23)c1. The standard InChI is InChI=1S/C34H43F2N9O5S/c1-51-25-3-4-29(50-34(35)36)26(17-25)31-28(39-33(47)27-18-38-45-8-2-7-37-32(27)45)19-43(40-31)20-30(46)42-9-5-23(6-10-42)44(24-21-49-22-24)12-11-41-13-15-48-16-14-41/h2-4,7-8,17-19,23-24,31,34,40H,5-6,9-16,20-22H2,1H3,(H,39,47). The van der Waals surface area contributed by atoms with Gasteiger partial charge in [0.25, 0.3) is 5.91 Å². The van der Waals surface area contributed by atoms with E-state index >= 15 is 0 Å². The van der Waals surface area contributed by atoms with Gasteiger partial charge in [-0.3, -0.25) is 19.4 Å². The Labute approximate surface area is 299 Å². The number of benzene rings is 1. The molecule has 274 valence electrons. The fraction of sp³-hybridized carbons (Fsp3) is 0.529. The van der Waals surface area contributed by atoms with Crippen molar-refractivity contribution in [3.63, 3.8) is 0 Å². The summed E-state index contributed by atoms with van der Waals surface area (Å²) in [6, 6.07) is 6.60. The van der Waals surface area contributed by atoms with Gasteiger partial charge in [-0.05, 0) is 43.4 Å². The maximum Gasteiger partial charge on any atom is 0.387 e. The molecule has 3 saturated heterocycles. The molecule has 0 saturated carbocycles. The predicted octanol–water partition coefficient (Wildman–Crippen LogP) is 2.21. The molecule has 3 fully saturated rings. The van der Waals surface area contributed by atoms with Gasteiger partial charge >= 0.3 is 6.61 Å². The quantitative estimate of drug-likeness (QED) is 0.251. The summed E-state index contributed by atoms with van der Waals surface area (Å²) >= 11 is 1.44. The molecule has 1 aromatic carbocycles. The van der Waals surface area contributed by atoms with Crippen molar-refractivity contribution < 1.29 is 32.6 Å². The van der Waals surface area contributed by atoms with Crippen LogP contribution in [0.5, 0.6) is 5.75 Å². The van der Waals surface area contributed by atoms with Crippen LogP contribution in [0.25, 0.3) is 5.65 Å². The number of hydrogen-bond acceptors (Lipinski definition) is 12. The van der Waals surface area contributed by atoms with Crippen LogP contribution < -0.4 is 15.5 Å². The van der Waals surface area contributed by atoms with Gasteiger partial charge in [-0.2, -0.15) is 13.9 Å². The zero-order valence-electron chi connectivity index (χ0n) is 28.5. The molecular weight excluding hydrogens is 684 g/mol. The highest BCUT2D eigenvalue weighted by atomic mass is 32.2. The number of nitrogens with one attached hydrogen (secondary N) is 2. The lowest BCUT2D eigenvalue weighted by Gasteiger charge is -2.46. The Hall–Kier alpha value is -3.87. The van der Waals surface area contributed by atoms with Gasteiger partial charge in [0, 0.05) is 74.4 Å². The maximum atomic E-state index is 13.7. The summed E-state index contributed by atoms with van der Waals surface area (Å²) < 4.78 is 44.5. The first-order valence-corrected chi connectivity index (χ1v) is 18.5. The third-order valence-electron chi connectivity index (χ3n) is 9.89. The molecule has 3 aromatic rings. The largest absolute Gasteiger partial charge is 0.434 e. The van der Waals surface area contributed by atoms with Crippen molar-refractivity contribution in [2.24, 2.45) is 0 Å². The number of morpholine rings is 1. The number of carbonyl (C=O) groups excluding carboxylic acids is 2. The van der Waals surface area contributed by atoms with Crippen molar-refractivity contribution in [2.75, 3.05) is 78.5 Å². The van der Waals surface area contributed by atoms with Gasteiger partial charge in [-0.1, -0.05) is 0 Å². The molecule has 4 aliphatic rings. The van der Waals surface area contributed by atoms with Crippen molar-refractivity contribution >= 4 is 29.2 Å². The average Bonchev–Trinajstić information content (AvgIpc) is 3.73. The van der Waals surface area contributed by atoms with Crippen molar-refractivity contribution in [1.82, 2.24) is 45.0 Å². The molecule has 0 bridgehead atoms. The zero-order chi connectivity index (χ0) is 35.3. The summed E-state index contributed by atoms with van der Waals surface area (Å²) in [4.78, 5) is 39.3. The summed E-state index contributed by atoms with van der Waals surface area (Å²) in [6.45, 7) is 5.07. The smallest absolute Gasteiger partial charge is 0.387 e. The first-order chi connectivity index (χ1) is 24.9. The van der Waals surface area contributed by atoms with E-state index < -0.39 is 18.6 Å². The third-order valence-corrected chi connectivity index (χ3v) is 10.6. The van der Waals surface area contributed by atoms with E-state index in [1.165, 1.54) is 28.5 Å². The minimum absolute atomic E-state index is 0.0245. The Morgan fingerprint density at radius 2 is 1.94 bits per heavy atom. The number of aromatic nitrogens is 3. The molecule has 17 heteroatoms. The van der Waals surface area contributed by atoms with Crippen LogP contribution in [-0.4, -0.2) is 143 Å². The van der Waals surface area contributed by atoms with Crippen LogP contribution in [0, 0.1) is 0 Å². The monoisotopic (exact) mass is 727 g/mol. The molecule has 6 heterocycles. The Bertz CT molecular complexity index is 1710. The van der Waals surface area contributed by atoms with Crippen LogP contribution in [0.15, 0.2) is 59.6 Å². The number of hydrogen-bond donors (Lipinski definition) is 2. The number of piperidine rings is 1. The van der Waals surface area contributed by atoms with E-state index in [-0.39, 0.29) is 23.8 Å². The lowest BCUT2D eigenvalue weighted by molar-refractivity contribution is -0.135. The number of likely N-dealkylation sites (tertiary alicyclic amines) is 1. The van der Waals surface area contributed by atoms with Crippen LogP contribution in [0.3, 0.4) is 0 Å². The molecule has 1 atom stereocenters. The number of ether oxygens (including phenoxy) is 3. The number of amides is 2. The first-order valence-electron chi connectivity index (χ1n) is 17.2. The van der Waals surface area contributed by atoms with E-state index in [2.05, 4.69) is 30.6 Å². The molecule has 0 aliphatic carbocycles. The molecule has 7 rings (SSSR count). The van der Waals surface area contributed by atoms with Crippen molar-refractivity contribution in [1.29, 1.82) is 0 Å². The minimum Gasteiger partial charge on any atom is -0.434 e. The summed E-state index contributed by atoms with van der Waals surface area (Å²) in [5.74, 6) is -0.600. The van der Waals surface area contributed by atoms with Crippen LogP contribution in [0.4, 0.5) is 8.78 Å². The number of halogens is 2. The van der Waals surface area contributed by atoms with Crippen LogP contribution >= 0.6 is 11.8 Å². The molecule has 0 radical (unpaired) electrons. The Morgan fingerprint density at radius 1 is 1.14 bits per heavy atom. The minimum atomic E-state index is -3.05. The molecule has 2 N–H and O–H groups in total. The predicted molar refractivity (Wildman–Crippen MR) is 184 cm³/mol. The second kappa shape index (κ2) is 16.2. The topological polar surface area (TPSA) is 129 Å². The average molecular weight is 728 g/mol. The number of rotatable bonds is 13. The third kappa shape index (κ3) is 8.29. The molecular formula is C34H43F2N9O5S. The first kappa shape index (κ1) is 35.5. The fourth-order valence-electron chi connectivity index (χ4n) is 7.07. The Morgan fingerprint density at radius 3 is 2.67 bits per heavy atom. The van der Waals surface area contributed by atoms with Crippen molar-refractivity contribution in [2.45, 2.75) is 42.5 Å². The van der Waals surface area contributed by atoms with E-state index in [0.29, 0.717) is 42.1 Å². The van der Waals surface area contributed by atoms with Crippen LogP contribution in [-0.2, 0) is 14.3 Å². The van der Waals surface area contributed by atoms with Gasteiger partial charge < -0.3 is 29.4 Å². The number of alkyl halides is 2. The summed E-state index contributed by atoms with van der Waals surface area (Å²) in [5.41, 5.74) is 4.61. The van der Waals surface area contributed by atoms with Crippen LogP contribution in [0.1, 0.15) is 34.8 Å². The highest BCUT2D eigenvalue weighted by Crippen LogP contribution is 2.36. The molecule has 51 heavy (non-hydrogen) atoms. The normalized spacial score (nSPS) is 20.6.